The van der Waals surface area contributed by atoms with Gasteiger partial charge in [-0.2, -0.15) is 0 Å². The number of hydrogen-bond donors (Lipinski definition) is 2. The molecule has 0 aliphatic carbocycles. The molecular weight excluding hydrogens is 651 g/mol. The van der Waals surface area contributed by atoms with Crippen molar-refractivity contribution in [1.29, 1.82) is 0 Å². The van der Waals surface area contributed by atoms with E-state index in [1.54, 1.807) is 0 Å². The van der Waals surface area contributed by atoms with Crippen LogP contribution in [0.1, 0.15) is 194 Å². The van der Waals surface area contributed by atoms with Crippen molar-refractivity contribution in [3.63, 3.8) is 0 Å². The van der Waals surface area contributed by atoms with E-state index in [2.05, 4.69) is 54.8 Å². The van der Waals surface area contributed by atoms with Crippen LogP contribution in [0.4, 0.5) is 0 Å². The SMILES string of the molecule is CCCCC/C=C\C/C=C\CCCCCCCCCCCC(=O)O[C@H](COC(=O)CCCCCCC/C=C\CCCCCC)COP(=O)(O)O. The van der Waals surface area contributed by atoms with Crippen LogP contribution in [0.5, 0.6) is 0 Å². The molecule has 0 bridgehead atoms. The summed E-state index contributed by atoms with van der Waals surface area (Å²) in [6, 6.07) is 0. The molecule has 0 saturated carbocycles. The summed E-state index contributed by atoms with van der Waals surface area (Å²) in [7, 11) is -4.75. The van der Waals surface area contributed by atoms with Crippen molar-refractivity contribution in [3.05, 3.63) is 36.5 Å². The number of ether oxygens (including phenoxy) is 2. The van der Waals surface area contributed by atoms with Gasteiger partial charge >= 0.3 is 19.8 Å². The molecule has 0 aliphatic heterocycles. The third-order valence-electron chi connectivity index (χ3n) is 8.63. The lowest BCUT2D eigenvalue weighted by molar-refractivity contribution is -0.161. The molecule has 0 saturated heterocycles. The lowest BCUT2D eigenvalue weighted by Crippen LogP contribution is -2.29. The van der Waals surface area contributed by atoms with Gasteiger partial charge in [-0.15, -0.1) is 0 Å². The van der Waals surface area contributed by atoms with Crippen LogP contribution in [0.15, 0.2) is 36.5 Å². The molecular formula is C41H75O8P. The van der Waals surface area contributed by atoms with Crippen LogP contribution in [0.2, 0.25) is 0 Å². The zero-order valence-corrected chi connectivity index (χ0v) is 32.9. The smallest absolute Gasteiger partial charge is 0.462 e. The van der Waals surface area contributed by atoms with Gasteiger partial charge in [0.05, 0.1) is 6.61 Å². The Kier molecular flexibility index (Phi) is 35.8. The van der Waals surface area contributed by atoms with Crippen molar-refractivity contribution < 1.29 is 37.9 Å². The van der Waals surface area contributed by atoms with E-state index in [-0.39, 0.29) is 19.4 Å². The van der Waals surface area contributed by atoms with Crippen molar-refractivity contribution in [2.45, 2.75) is 200 Å². The van der Waals surface area contributed by atoms with Crippen LogP contribution in [-0.2, 0) is 28.2 Å². The topological polar surface area (TPSA) is 119 Å². The average molecular weight is 727 g/mol. The Balaban J connectivity index is 3.93. The molecule has 8 nitrogen and oxygen atoms in total. The zero-order valence-electron chi connectivity index (χ0n) is 32.0. The molecule has 0 fully saturated rings. The van der Waals surface area contributed by atoms with E-state index in [9.17, 15) is 14.2 Å². The summed E-state index contributed by atoms with van der Waals surface area (Å²) in [5.74, 6) is -0.898. The van der Waals surface area contributed by atoms with Crippen molar-refractivity contribution >= 4 is 19.8 Å². The van der Waals surface area contributed by atoms with Gasteiger partial charge in [0.15, 0.2) is 6.10 Å². The zero-order chi connectivity index (χ0) is 36.8. The molecule has 0 aromatic rings. The van der Waals surface area contributed by atoms with Crippen LogP contribution in [0.25, 0.3) is 0 Å². The first-order chi connectivity index (χ1) is 24.3. The van der Waals surface area contributed by atoms with Gasteiger partial charge in [-0.1, -0.05) is 147 Å². The number of carbonyl (C=O) groups excluding carboxylic acids is 2. The Morgan fingerprint density at radius 1 is 0.520 bits per heavy atom. The van der Waals surface area contributed by atoms with Gasteiger partial charge in [0.25, 0.3) is 0 Å². The van der Waals surface area contributed by atoms with Crippen LogP contribution in [-0.4, -0.2) is 41.0 Å². The summed E-state index contributed by atoms with van der Waals surface area (Å²) in [6.45, 7) is 3.63. The number of phosphoric ester groups is 1. The molecule has 0 aromatic carbocycles. The largest absolute Gasteiger partial charge is 0.469 e. The van der Waals surface area contributed by atoms with Crippen molar-refractivity contribution in [2.24, 2.45) is 0 Å². The molecule has 50 heavy (non-hydrogen) atoms. The fourth-order valence-corrected chi connectivity index (χ4v) is 5.93. The summed E-state index contributed by atoms with van der Waals surface area (Å²) < 4.78 is 26.3. The summed E-state index contributed by atoms with van der Waals surface area (Å²) >= 11 is 0. The summed E-state index contributed by atoms with van der Waals surface area (Å²) in [5, 5.41) is 0. The van der Waals surface area contributed by atoms with E-state index in [0.29, 0.717) is 12.8 Å². The van der Waals surface area contributed by atoms with E-state index >= 15 is 0 Å². The minimum atomic E-state index is -4.75. The highest BCUT2D eigenvalue weighted by Gasteiger charge is 2.22. The van der Waals surface area contributed by atoms with Crippen molar-refractivity contribution in [1.82, 2.24) is 0 Å². The minimum absolute atomic E-state index is 0.206. The maximum Gasteiger partial charge on any atom is 0.469 e. The molecule has 1 atom stereocenters. The van der Waals surface area contributed by atoms with Gasteiger partial charge in [-0.3, -0.25) is 14.1 Å². The summed E-state index contributed by atoms with van der Waals surface area (Å²) in [5.41, 5.74) is 0. The van der Waals surface area contributed by atoms with Gasteiger partial charge in [-0.05, 0) is 70.6 Å². The van der Waals surface area contributed by atoms with Gasteiger partial charge in [0.1, 0.15) is 6.61 Å². The standard InChI is InChI=1S/C41H75O8P/c1-3-5-7-9-11-13-15-17-18-19-20-21-22-24-26-28-30-32-34-36-41(43)49-39(38-48-50(44,45)46)37-47-40(42)35-33-31-29-27-25-23-16-14-12-10-8-6-4-2/h11,13-14,16-18,39H,3-10,12,15,19-38H2,1-2H3,(H2,44,45,46)/b13-11-,16-14-,18-17-/t39-/m1/s1. The maximum atomic E-state index is 12.4. The van der Waals surface area contributed by atoms with E-state index in [0.717, 1.165) is 64.2 Å². The van der Waals surface area contributed by atoms with Crippen molar-refractivity contribution in [3.8, 4) is 0 Å². The Hall–Kier alpha value is -1.73. The third kappa shape index (κ3) is 39.1. The molecule has 0 spiro atoms. The highest BCUT2D eigenvalue weighted by Crippen LogP contribution is 2.36. The Morgan fingerprint density at radius 2 is 0.900 bits per heavy atom. The molecule has 0 amide bonds. The molecule has 0 aromatic heterocycles. The summed E-state index contributed by atoms with van der Waals surface area (Å²) in [4.78, 5) is 42.8. The molecule has 0 rings (SSSR count). The van der Waals surface area contributed by atoms with Gasteiger partial charge < -0.3 is 19.3 Å². The number of hydrogen-bond acceptors (Lipinski definition) is 6. The predicted octanol–water partition coefficient (Wildman–Crippen LogP) is 12.2. The second-order valence-corrected chi connectivity index (χ2v) is 14.8. The Bertz CT molecular complexity index is 910. The maximum absolute atomic E-state index is 12.4. The number of allylic oxidation sites excluding steroid dienone is 6. The summed E-state index contributed by atoms with van der Waals surface area (Å²) in [6.07, 6.45) is 42.9. The predicted molar refractivity (Wildman–Crippen MR) is 207 cm³/mol. The molecule has 0 aliphatic rings. The fourth-order valence-electron chi connectivity index (χ4n) is 5.57. The van der Waals surface area contributed by atoms with Crippen LogP contribution >= 0.6 is 7.82 Å². The number of phosphoric acid groups is 1. The monoisotopic (exact) mass is 727 g/mol. The second kappa shape index (κ2) is 37.0. The normalized spacial score (nSPS) is 12.8. The van der Waals surface area contributed by atoms with Gasteiger partial charge in [0, 0.05) is 12.8 Å². The van der Waals surface area contributed by atoms with E-state index in [4.69, 9.17) is 19.3 Å². The van der Waals surface area contributed by atoms with E-state index in [1.807, 2.05) is 0 Å². The second-order valence-electron chi connectivity index (χ2n) is 13.6. The highest BCUT2D eigenvalue weighted by molar-refractivity contribution is 7.46. The molecule has 0 radical (unpaired) electrons. The van der Waals surface area contributed by atoms with Crippen molar-refractivity contribution in [2.75, 3.05) is 13.2 Å². The lowest BCUT2D eigenvalue weighted by atomic mass is 10.1. The first kappa shape index (κ1) is 48.3. The molecule has 9 heteroatoms. The number of carbonyl (C=O) groups is 2. The number of unbranched alkanes of at least 4 members (excludes halogenated alkanes) is 21. The molecule has 0 unspecified atom stereocenters. The fraction of sp³-hybridized carbons (Fsp3) is 0.805. The molecule has 0 heterocycles. The molecule has 292 valence electrons. The molecule has 2 N–H and O–H groups in total. The highest BCUT2D eigenvalue weighted by atomic mass is 31.2. The number of rotatable bonds is 37. The third-order valence-corrected chi connectivity index (χ3v) is 9.12. The quantitative estimate of drug-likeness (QED) is 0.0281. The van der Waals surface area contributed by atoms with Crippen LogP contribution in [0, 0.1) is 0 Å². The first-order valence-electron chi connectivity index (χ1n) is 20.3. The van der Waals surface area contributed by atoms with Gasteiger partial charge in [0.2, 0.25) is 0 Å². The lowest BCUT2D eigenvalue weighted by Gasteiger charge is -2.18. The van der Waals surface area contributed by atoms with Crippen LogP contribution in [0.3, 0.4) is 0 Å². The minimum Gasteiger partial charge on any atom is -0.462 e. The Labute approximate surface area is 306 Å². The Morgan fingerprint density at radius 3 is 1.38 bits per heavy atom. The number of esters is 2. The van der Waals surface area contributed by atoms with Gasteiger partial charge in [-0.25, -0.2) is 4.57 Å². The average Bonchev–Trinajstić information content (AvgIpc) is 3.08. The first-order valence-corrected chi connectivity index (χ1v) is 21.8. The van der Waals surface area contributed by atoms with Crippen LogP contribution < -0.4 is 0 Å². The van der Waals surface area contributed by atoms with E-state index in [1.165, 1.54) is 89.9 Å². The van der Waals surface area contributed by atoms with E-state index < -0.39 is 32.5 Å².